The molecule has 7 heteroatoms. The molecule has 122 valence electrons. The molecule has 0 aromatic heterocycles. The van der Waals surface area contributed by atoms with E-state index in [2.05, 4.69) is 24.4 Å². The summed E-state index contributed by atoms with van der Waals surface area (Å²) in [5, 5.41) is 7.96. The molecule has 1 aromatic rings. The van der Waals surface area contributed by atoms with Crippen LogP contribution >= 0.6 is 0 Å². The molecule has 0 amide bonds. The summed E-state index contributed by atoms with van der Waals surface area (Å²) in [6.45, 7) is 6.36. The van der Waals surface area contributed by atoms with E-state index >= 15 is 0 Å². The van der Waals surface area contributed by atoms with Crippen LogP contribution in [-0.2, 0) is 10.0 Å². The molecule has 0 bridgehead atoms. The third-order valence-electron chi connectivity index (χ3n) is 2.99. The largest absolute Gasteiger partial charge is 0.291 e. The van der Waals surface area contributed by atoms with Gasteiger partial charge in [-0.2, -0.15) is 0 Å². The van der Waals surface area contributed by atoms with Crippen molar-refractivity contribution in [1.29, 1.82) is 5.41 Å². The molecule has 0 aliphatic rings. The maximum Gasteiger partial charge on any atom is 0.266 e. The number of nitrogens with one attached hydrogen (secondary N) is 3. The van der Waals surface area contributed by atoms with Crippen molar-refractivity contribution in [2.45, 2.75) is 31.1 Å². The molecule has 0 saturated carbocycles. The first kappa shape index (κ1) is 18.2. The second-order valence-electron chi connectivity index (χ2n) is 4.75. The predicted octanol–water partition coefficient (Wildman–Crippen LogP) is 2.08. The summed E-state index contributed by atoms with van der Waals surface area (Å²) in [5.74, 6) is -0.222. The third kappa shape index (κ3) is 5.16. The van der Waals surface area contributed by atoms with Crippen LogP contribution in [0.15, 0.2) is 47.9 Å². The zero-order valence-electron chi connectivity index (χ0n) is 12.9. The highest BCUT2D eigenvalue weighted by atomic mass is 32.2. The number of guanidine groups is 1. The lowest BCUT2D eigenvalue weighted by Gasteiger charge is -2.24. The zero-order chi connectivity index (χ0) is 16.4. The Balaban J connectivity index is 2.76. The smallest absolute Gasteiger partial charge is 0.266 e. The van der Waals surface area contributed by atoms with E-state index < -0.39 is 10.0 Å². The first-order chi connectivity index (χ1) is 10.5. The highest BCUT2D eigenvalue weighted by Crippen LogP contribution is 2.14. The molecule has 0 saturated heterocycles. The Morgan fingerprint density at radius 2 is 2.00 bits per heavy atom. The molecule has 0 aliphatic carbocycles. The number of nitrogens with zero attached hydrogens (tertiary/aromatic N) is 1. The molecule has 0 aliphatic heterocycles. The highest BCUT2D eigenvalue weighted by molar-refractivity contribution is 7.89. The van der Waals surface area contributed by atoms with Gasteiger partial charge in [-0.25, -0.2) is 18.1 Å². The van der Waals surface area contributed by atoms with Crippen molar-refractivity contribution in [2.75, 3.05) is 13.1 Å². The molecule has 0 atom stereocenters. The second-order valence-corrected chi connectivity index (χ2v) is 6.61. The number of rotatable bonds is 9. The Bertz CT molecular complexity index is 572. The van der Waals surface area contributed by atoms with E-state index in [9.17, 15) is 8.42 Å². The second kappa shape index (κ2) is 9.22. The van der Waals surface area contributed by atoms with Crippen LogP contribution in [0.1, 0.15) is 26.2 Å². The molecule has 0 unspecified atom stereocenters. The van der Waals surface area contributed by atoms with E-state index in [0.29, 0.717) is 6.54 Å². The standard InChI is InChI=1S/C15H24N4O2S/c1-3-5-9-12-17-18-15(16)19(13-4-2)22(20,21)14-10-7-6-8-11-14/h4,6-8,10-11,17H,2-3,5,9,12-13H2,1H3,(H2,16,18). The summed E-state index contributed by atoms with van der Waals surface area (Å²) in [5.41, 5.74) is 5.50. The quantitative estimate of drug-likeness (QED) is 0.213. The molecule has 1 aromatic carbocycles. The number of unbranched alkanes of at least 4 members (excludes halogenated alkanes) is 2. The van der Waals surface area contributed by atoms with Gasteiger partial charge in [0.2, 0.25) is 5.96 Å². The van der Waals surface area contributed by atoms with Gasteiger partial charge in [0.25, 0.3) is 10.0 Å². The van der Waals surface area contributed by atoms with Crippen LogP contribution in [0.25, 0.3) is 0 Å². The van der Waals surface area contributed by atoms with Crippen molar-refractivity contribution in [1.82, 2.24) is 15.2 Å². The van der Waals surface area contributed by atoms with Crippen LogP contribution in [0.2, 0.25) is 0 Å². The molecule has 22 heavy (non-hydrogen) atoms. The summed E-state index contributed by atoms with van der Waals surface area (Å²) in [7, 11) is -3.77. The normalized spacial score (nSPS) is 11.0. The molecular weight excluding hydrogens is 300 g/mol. The first-order valence-electron chi connectivity index (χ1n) is 7.30. The number of hydrazine groups is 1. The van der Waals surface area contributed by atoms with Gasteiger partial charge in [-0.15, -0.1) is 6.58 Å². The Morgan fingerprint density at radius 1 is 1.32 bits per heavy atom. The van der Waals surface area contributed by atoms with Crippen molar-refractivity contribution in [2.24, 2.45) is 0 Å². The average molecular weight is 324 g/mol. The molecule has 0 heterocycles. The topological polar surface area (TPSA) is 85.3 Å². The van der Waals surface area contributed by atoms with E-state index in [1.54, 1.807) is 18.2 Å². The van der Waals surface area contributed by atoms with Crippen LogP contribution in [-0.4, -0.2) is 31.8 Å². The SMILES string of the molecule is C=CCN(C(=N)NNCCCCC)S(=O)(=O)c1ccccc1. The molecule has 0 spiro atoms. The number of sulfonamides is 1. The molecule has 3 N–H and O–H groups in total. The zero-order valence-corrected chi connectivity index (χ0v) is 13.7. The fourth-order valence-corrected chi connectivity index (χ4v) is 3.16. The van der Waals surface area contributed by atoms with Crippen molar-refractivity contribution in [3.8, 4) is 0 Å². The van der Waals surface area contributed by atoms with Gasteiger partial charge >= 0.3 is 0 Å². The number of benzene rings is 1. The summed E-state index contributed by atoms with van der Waals surface area (Å²) < 4.78 is 26.1. The number of hydrogen-bond donors (Lipinski definition) is 3. The van der Waals surface area contributed by atoms with Gasteiger partial charge in [-0.1, -0.05) is 44.0 Å². The molecule has 0 radical (unpaired) electrons. The lowest BCUT2D eigenvalue weighted by atomic mass is 10.2. The van der Waals surface area contributed by atoms with Gasteiger partial charge in [0.1, 0.15) is 0 Å². The van der Waals surface area contributed by atoms with Crippen LogP contribution in [0.3, 0.4) is 0 Å². The Labute approximate surface area is 132 Å². The summed E-state index contributed by atoms with van der Waals surface area (Å²) in [6.07, 6.45) is 4.60. The summed E-state index contributed by atoms with van der Waals surface area (Å²) >= 11 is 0. The Morgan fingerprint density at radius 3 is 2.59 bits per heavy atom. The molecular formula is C15H24N4O2S. The van der Waals surface area contributed by atoms with E-state index in [0.717, 1.165) is 23.6 Å². The van der Waals surface area contributed by atoms with Crippen molar-refractivity contribution >= 4 is 16.0 Å². The third-order valence-corrected chi connectivity index (χ3v) is 4.77. The first-order valence-corrected chi connectivity index (χ1v) is 8.74. The highest BCUT2D eigenvalue weighted by Gasteiger charge is 2.25. The van der Waals surface area contributed by atoms with Crippen LogP contribution in [0.5, 0.6) is 0 Å². The van der Waals surface area contributed by atoms with E-state index in [1.165, 1.54) is 18.2 Å². The fourth-order valence-electron chi connectivity index (χ4n) is 1.82. The Kier molecular flexibility index (Phi) is 7.62. The lowest BCUT2D eigenvalue weighted by Crippen LogP contribution is -2.49. The Hall–Kier alpha value is -1.86. The van der Waals surface area contributed by atoms with Crippen LogP contribution < -0.4 is 10.9 Å². The summed E-state index contributed by atoms with van der Waals surface area (Å²) in [6, 6.07) is 8.06. The maximum absolute atomic E-state index is 12.6. The van der Waals surface area contributed by atoms with Crippen molar-refractivity contribution in [3.05, 3.63) is 43.0 Å². The van der Waals surface area contributed by atoms with Crippen molar-refractivity contribution < 1.29 is 8.42 Å². The molecule has 6 nitrogen and oxygen atoms in total. The minimum Gasteiger partial charge on any atom is -0.291 e. The van der Waals surface area contributed by atoms with Gasteiger partial charge in [0.15, 0.2) is 0 Å². The van der Waals surface area contributed by atoms with E-state index in [1.807, 2.05) is 0 Å². The van der Waals surface area contributed by atoms with Crippen LogP contribution in [0.4, 0.5) is 0 Å². The minimum atomic E-state index is -3.77. The maximum atomic E-state index is 12.6. The average Bonchev–Trinajstić information content (AvgIpc) is 2.53. The minimum absolute atomic E-state index is 0.0275. The predicted molar refractivity (Wildman–Crippen MR) is 88.9 cm³/mol. The summed E-state index contributed by atoms with van der Waals surface area (Å²) in [4.78, 5) is 0.148. The molecule has 1 rings (SSSR count). The van der Waals surface area contributed by atoms with Crippen LogP contribution in [0, 0.1) is 5.41 Å². The fraction of sp³-hybridized carbons (Fsp3) is 0.400. The van der Waals surface area contributed by atoms with Gasteiger partial charge in [-0.05, 0) is 18.6 Å². The lowest BCUT2D eigenvalue weighted by molar-refractivity contribution is 0.512. The molecule has 0 fully saturated rings. The van der Waals surface area contributed by atoms with Gasteiger partial charge < -0.3 is 0 Å². The number of hydrogen-bond acceptors (Lipinski definition) is 4. The van der Waals surface area contributed by atoms with E-state index in [-0.39, 0.29) is 17.4 Å². The van der Waals surface area contributed by atoms with Gasteiger partial charge in [0, 0.05) is 6.54 Å². The van der Waals surface area contributed by atoms with Gasteiger partial charge in [-0.3, -0.25) is 10.8 Å². The van der Waals surface area contributed by atoms with Gasteiger partial charge in [0.05, 0.1) is 11.4 Å². The van der Waals surface area contributed by atoms with E-state index in [4.69, 9.17) is 5.41 Å². The monoisotopic (exact) mass is 324 g/mol. The van der Waals surface area contributed by atoms with Crippen molar-refractivity contribution in [3.63, 3.8) is 0 Å².